The zero-order valence-corrected chi connectivity index (χ0v) is 18.9. The lowest BCUT2D eigenvalue weighted by Gasteiger charge is -2.08. The highest BCUT2D eigenvalue weighted by molar-refractivity contribution is 7.07. The molecule has 162 valence electrons. The van der Waals surface area contributed by atoms with Gasteiger partial charge in [0.2, 0.25) is 0 Å². The molecule has 6 nitrogen and oxygen atoms in total. The van der Waals surface area contributed by atoms with E-state index in [1.807, 2.05) is 36.6 Å². The van der Waals surface area contributed by atoms with Gasteiger partial charge in [0.1, 0.15) is 5.69 Å². The molecule has 0 aliphatic carbocycles. The van der Waals surface area contributed by atoms with Gasteiger partial charge in [-0.1, -0.05) is 41.9 Å². The summed E-state index contributed by atoms with van der Waals surface area (Å²) in [5.41, 5.74) is 6.63. The molecule has 0 atom stereocenters. The van der Waals surface area contributed by atoms with Crippen LogP contribution in [0.2, 0.25) is 5.02 Å². The number of carbonyl (C=O) groups is 2. The molecule has 0 aliphatic rings. The second kappa shape index (κ2) is 8.27. The molecule has 0 bridgehead atoms. The number of halogens is 1. The fourth-order valence-corrected chi connectivity index (χ4v) is 4.64. The van der Waals surface area contributed by atoms with E-state index in [0.717, 1.165) is 22.2 Å². The highest BCUT2D eigenvalue weighted by atomic mass is 35.5. The lowest BCUT2D eigenvalue weighted by atomic mass is 10.0. The predicted molar refractivity (Wildman–Crippen MR) is 129 cm³/mol. The van der Waals surface area contributed by atoms with Gasteiger partial charge in [0.15, 0.2) is 0 Å². The normalized spacial score (nSPS) is 11.1. The van der Waals surface area contributed by atoms with Gasteiger partial charge in [-0.2, -0.15) is 9.78 Å². The summed E-state index contributed by atoms with van der Waals surface area (Å²) in [7, 11) is 0. The first-order valence-corrected chi connectivity index (χ1v) is 11.3. The van der Waals surface area contributed by atoms with Crippen molar-refractivity contribution in [2.24, 2.45) is 0 Å². The van der Waals surface area contributed by atoms with E-state index < -0.39 is 5.97 Å². The molecule has 33 heavy (non-hydrogen) atoms. The van der Waals surface area contributed by atoms with E-state index in [9.17, 15) is 14.7 Å². The van der Waals surface area contributed by atoms with Crippen LogP contribution in [0.4, 0.5) is 0 Å². The number of hydrogen-bond acceptors (Lipinski definition) is 5. The van der Waals surface area contributed by atoms with E-state index in [2.05, 4.69) is 10.1 Å². The van der Waals surface area contributed by atoms with E-state index in [0.29, 0.717) is 27.4 Å². The second-order valence-electron chi connectivity index (χ2n) is 7.49. The number of aromatic carboxylic acids is 1. The Morgan fingerprint density at radius 1 is 1.03 bits per heavy atom. The van der Waals surface area contributed by atoms with Crippen molar-refractivity contribution in [2.45, 2.75) is 6.92 Å². The first kappa shape index (κ1) is 21.1. The number of thiazole rings is 1. The van der Waals surface area contributed by atoms with Crippen LogP contribution in [0.5, 0.6) is 0 Å². The molecule has 0 radical (unpaired) electrons. The Morgan fingerprint density at radius 2 is 1.79 bits per heavy atom. The first-order chi connectivity index (χ1) is 15.9. The molecular formula is C25H16ClN3O3S. The molecule has 0 aliphatic heterocycles. The van der Waals surface area contributed by atoms with Crippen LogP contribution in [0, 0.1) is 6.92 Å². The molecule has 0 fully saturated rings. The number of rotatable bonds is 4. The number of carboxylic acid groups (broad SMARTS) is 1. The minimum atomic E-state index is -1.01. The van der Waals surface area contributed by atoms with Crippen LogP contribution < -0.4 is 0 Å². The van der Waals surface area contributed by atoms with Gasteiger partial charge >= 0.3 is 5.97 Å². The van der Waals surface area contributed by atoms with Crippen LogP contribution >= 0.6 is 22.9 Å². The van der Waals surface area contributed by atoms with Crippen molar-refractivity contribution in [3.63, 3.8) is 0 Å². The molecule has 3 aromatic carbocycles. The van der Waals surface area contributed by atoms with Crippen LogP contribution in [0.3, 0.4) is 0 Å². The predicted octanol–water partition coefficient (Wildman–Crippen LogP) is 6.18. The third kappa shape index (κ3) is 3.71. The summed E-state index contributed by atoms with van der Waals surface area (Å²) in [5.74, 6) is -1.35. The molecule has 0 amide bonds. The molecule has 0 saturated carbocycles. The summed E-state index contributed by atoms with van der Waals surface area (Å²) >= 11 is 7.87. The van der Waals surface area contributed by atoms with Crippen LogP contribution in [-0.2, 0) is 0 Å². The zero-order valence-electron chi connectivity index (χ0n) is 17.3. The lowest BCUT2D eigenvalue weighted by molar-refractivity contribution is 0.0696. The van der Waals surface area contributed by atoms with Crippen molar-refractivity contribution < 1.29 is 14.7 Å². The number of nitrogens with zero attached hydrogens (tertiary/aromatic N) is 3. The van der Waals surface area contributed by atoms with Crippen molar-refractivity contribution in [3.8, 4) is 22.5 Å². The van der Waals surface area contributed by atoms with E-state index in [-0.39, 0.29) is 11.5 Å². The number of carboxylic acids is 1. The maximum Gasteiger partial charge on any atom is 0.335 e. The standard InChI is InChI=1S/C25H16ClN3O3S/c1-14-3-2-4-19(26)22(14)24(30)29-21-11-17(20-12-33-13-27-20)9-10-18(21)23(28-29)15-5-7-16(8-6-15)25(31)32/h2-13H,1H3,(H,31,32). The monoisotopic (exact) mass is 473 g/mol. The van der Waals surface area contributed by atoms with Crippen LogP contribution in [0.15, 0.2) is 71.6 Å². The van der Waals surface area contributed by atoms with Gasteiger partial charge < -0.3 is 5.11 Å². The van der Waals surface area contributed by atoms with Crippen molar-refractivity contribution >= 4 is 45.7 Å². The number of carbonyl (C=O) groups excluding carboxylic acids is 1. The number of aryl methyl sites for hydroxylation is 1. The molecular weight excluding hydrogens is 458 g/mol. The van der Waals surface area contributed by atoms with Gasteiger partial charge in [-0.25, -0.2) is 9.78 Å². The summed E-state index contributed by atoms with van der Waals surface area (Å²) < 4.78 is 1.36. The molecule has 5 rings (SSSR count). The number of hydrogen-bond donors (Lipinski definition) is 1. The Balaban J connectivity index is 1.74. The van der Waals surface area contributed by atoms with E-state index >= 15 is 0 Å². The van der Waals surface area contributed by atoms with Gasteiger partial charge in [0.25, 0.3) is 5.91 Å². The number of aromatic nitrogens is 3. The highest BCUT2D eigenvalue weighted by Crippen LogP contribution is 2.33. The molecule has 0 spiro atoms. The Kier molecular flexibility index (Phi) is 5.28. The average Bonchev–Trinajstić information content (AvgIpc) is 3.47. The van der Waals surface area contributed by atoms with Gasteiger partial charge in [-0.3, -0.25) is 4.79 Å². The molecule has 0 unspecified atom stereocenters. The topological polar surface area (TPSA) is 85.1 Å². The summed E-state index contributed by atoms with van der Waals surface area (Å²) in [6.07, 6.45) is 0. The van der Waals surface area contributed by atoms with Gasteiger partial charge in [-0.15, -0.1) is 11.3 Å². The Bertz CT molecular complexity index is 1500. The molecule has 2 heterocycles. The van der Waals surface area contributed by atoms with Crippen molar-refractivity contribution in [3.05, 3.63) is 93.3 Å². The molecule has 5 aromatic rings. The Morgan fingerprint density at radius 3 is 2.45 bits per heavy atom. The summed E-state index contributed by atoms with van der Waals surface area (Å²) in [4.78, 5) is 29.2. The largest absolute Gasteiger partial charge is 0.478 e. The third-order valence-corrected chi connectivity index (χ3v) is 6.34. The summed E-state index contributed by atoms with van der Waals surface area (Å²) in [5, 5.41) is 16.9. The first-order valence-electron chi connectivity index (χ1n) is 9.99. The van der Waals surface area contributed by atoms with Gasteiger partial charge in [-0.05, 0) is 42.8 Å². The minimum absolute atomic E-state index is 0.177. The lowest BCUT2D eigenvalue weighted by Crippen LogP contribution is -2.15. The quantitative estimate of drug-likeness (QED) is 0.337. The molecule has 2 aromatic heterocycles. The summed E-state index contributed by atoms with van der Waals surface area (Å²) in [6, 6.07) is 17.5. The molecule has 0 saturated heterocycles. The molecule has 8 heteroatoms. The van der Waals surface area contributed by atoms with Crippen LogP contribution in [-0.4, -0.2) is 31.7 Å². The Labute approximate surface area is 197 Å². The fourth-order valence-electron chi connectivity index (χ4n) is 3.78. The van der Waals surface area contributed by atoms with Crippen LogP contribution in [0.25, 0.3) is 33.4 Å². The van der Waals surface area contributed by atoms with Crippen molar-refractivity contribution in [2.75, 3.05) is 0 Å². The van der Waals surface area contributed by atoms with E-state index in [1.165, 1.54) is 28.2 Å². The van der Waals surface area contributed by atoms with Gasteiger partial charge in [0.05, 0.1) is 32.9 Å². The molecule has 1 N–H and O–H groups in total. The highest BCUT2D eigenvalue weighted by Gasteiger charge is 2.22. The maximum absolute atomic E-state index is 13.6. The fraction of sp³-hybridized carbons (Fsp3) is 0.0400. The van der Waals surface area contributed by atoms with Gasteiger partial charge in [0, 0.05) is 21.9 Å². The minimum Gasteiger partial charge on any atom is -0.478 e. The smallest absolute Gasteiger partial charge is 0.335 e. The average molecular weight is 474 g/mol. The zero-order chi connectivity index (χ0) is 23.1. The maximum atomic E-state index is 13.6. The third-order valence-electron chi connectivity index (χ3n) is 5.44. The Hall–Kier alpha value is -3.81. The van der Waals surface area contributed by atoms with Crippen LogP contribution in [0.1, 0.15) is 26.3 Å². The SMILES string of the molecule is Cc1cccc(Cl)c1C(=O)n1nc(-c2ccc(C(=O)O)cc2)c2ccc(-c3cscn3)cc21. The van der Waals surface area contributed by atoms with E-state index in [1.54, 1.807) is 29.8 Å². The second-order valence-corrected chi connectivity index (χ2v) is 8.61. The summed E-state index contributed by atoms with van der Waals surface area (Å²) in [6.45, 7) is 1.83. The van der Waals surface area contributed by atoms with E-state index in [4.69, 9.17) is 11.6 Å². The van der Waals surface area contributed by atoms with Crippen molar-refractivity contribution in [1.82, 2.24) is 14.8 Å². The van der Waals surface area contributed by atoms with Crippen molar-refractivity contribution in [1.29, 1.82) is 0 Å². The number of benzene rings is 3. The number of fused-ring (bicyclic) bond motifs is 1.